The molecule has 0 nitrogen and oxygen atoms in total. The Morgan fingerprint density at radius 1 is 1.11 bits per heavy atom. The molecule has 0 aromatic rings. The van der Waals surface area contributed by atoms with Crippen molar-refractivity contribution in [2.45, 2.75) is 20.8 Å². The van der Waals surface area contributed by atoms with Gasteiger partial charge >= 0.3 is 0 Å². The molecule has 0 saturated heterocycles. The van der Waals surface area contributed by atoms with Crippen molar-refractivity contribution in [3.63, 3.8) is 0 Å². The summed E-state index contributed by atoms with van der Waals surface area (Å²) in [5.74, 6) is 0.644. The molecule has 0 heterocycles. The van der Waals surface area contributed by atoms with E-state index < -0.39 is 0 Å². The fourth-order valence-electron chi connectivity index (χ4n) is 0.607. The van der Waals surface area contributed by atoms with Gasteiger partial charge in [-0.3, -0.25) is 0 Å². The van der Waals surface area contributed by atoms with Crippen molar-refractivity contribution < 1.29 is 1.43 Å². The van der Waals surface area contributed by atoms with Gasteiger partial charge in [-0.05, 0) is 12.3 Å². The molecule has 0 saturated carbocycles. The fraction of sp³-hybridized carbons (Fsp3) is 0.444. The van der Waals surface area contributed by atoms with Crippen LogP contribution < -0.4 is 0 Å². The summed E-state index contributed by atoms with van der Waals surface area (Å²) >= 11 is 0. The molecule has 2 radical (unpaired) electrons. The van der Waals surface area contributed by atoms with Crippen LogP contribution in [0.2, 0.25) is 0 Å². The molecule has 1 rings (SSSR count). The molecule has 1 aliphatic rings. The highest BCUT2D eigenvalue weighted by Crippen LogP contribution is 2.07. The lowest BCUT2D eigenvalue weighted by molar-refractivity contribution is 0.877. The zero-order valence-corrected chi connectivity index (χ0v) is 6.46. The number of hydrogen-bond donors (Lipinski definition) is 0. The van der Waals surface area contributed by atoms with E-state index in [1.165, 1.54) is 0 Å². The van der Waals surface area contributed by atoms with E-state index in [0.29, 0.717) is 5.92 Å². The third-order valence-corrected chi connectivity index (χ3v) is 1.05. The van der Waals surface area contributed by atoms with Crippen LogP contribution in [-0.2, 0) is 0 Å². The SMILES string of the molecule is CC.CC1[CH]C=CC=C1.[H]. The van der Waals surface area contributed by atoms with Gasteiger partial charge < -0.3 is 0 Å². The van der Waals surface area contributed by atoms with Gasteiger partial charge in [0.15, 0.2) is 0 Å². The first-order chi connectivity index (χ1) is 4.39. The van der Waals surface area contributed by atoms with Crippen molar-refractivity contribution in [1.82, 2.24) is 0 Å². The number of hydrogen-bond acceptors (Lipinski definition) is 0. The minimum Gasteiger partial charge on any atom is -0.0811 e. The normalized spacial score (nSPS) is 22.8. The van der Waals surface area contributed by atoms with E-state index in [1.54, 1.807) is 0 Å². The minimum absolute atomic E-state index is 0. The topological polar surface area (TPSA) is 0 Å². The maximum absolute atomic E-state index is 2.17. The molecule has 52 valence electrons. The van der Waals surface area contributed by atoms with Crippen molar-refractivity contribution in [2.24, 2.45) is 5.92 Å². The lowest BCUT2D eigenvalue weighted by Crippen LogP contribution is -1.88. The highest BCUT2D eigenvalue weighted by atomic mass is 14.0. The van der Waals surface area contributed by atoms with Crippen molar-refractivity contribution in [3.8, 4) is 0 Å². The van der Waals surface area contributed by atoms with Gasteiger partial charge in [-0.1, -0.05) is 45.1 Å². The van der Waals surface area contributed by atoms with E-state index in [0.717, 1.165) is 0 Å². The summed E-state index contributed by atoms with van der Waals surface area (Å²) in [4.78, 5) is 0. The van der Waals surface area contributed by atoms with Crippen molar-refractivity contribution in [1.29, 1.82) is 0 Å². The van der Waals surface area contributed by atoms with E-state index in [9.17, 15) is 0 Å². The van der Waals surface area contributed by atoms with Gasteiger partial charge in [0.05, 0.1) is 0 Å². The molecule has 1 unspecified atom stereocenters. The summed E-state index contributed by atoms with van der Waals surface area (Å²) in [7, 11) is 0. The summed E-state index contributed by atoms with van der Waals surface area (Å²) in [6, 6.07) is 0. The monoisotopic (exact) mass is 124 g/mol. The second kappa shape index (κ2) is 5.61. The first-order valence-corrected chi connectivity index (χ1v) is 3.58. The number of rotatable bonds is 0. The summed E-state index contributed by atoms with van der Waals surface area (Å²) in [6.45, 7) is 6.17. The molecule has 9 heavy (non-hydrogen) atoms. The summed E-state index contributed by atoms with van der Waals surface area (Å²) in [5.41, 5.74) is 0. The van der Waals surface area contributed by atoms with E-state index in [4.69, 9.17) is 0 Å². The van der Waals surface area contributed by atoms with Crippen LogP contribution in [0.15, 0.2) is 24.3 Å². The highest BCUT2D eigenvalue weighted by Gasteiger charge is 1.93. The van der Waals surface area contributed by atoms with Gasteiger partial charge in [0.2, 0.25) is 0 Å². The first-order valence-electron chi connectivity index (χ1n) is 3.58. The number of allylic oxidation sites excluding steroid dienone is 4. The van der Waals surface area contributed by atoms with Crippen LogP contribution in [0.4, 0.5) is 0 Å². The van der Waals surface area contributed by atoms with Gasteiger partial charge in [0, 0.05) is 1.43 Å². The highest BCUT2D eigenvalue weighted by molar-refractivity contribution is 5.17. The second-order valence-electron chi connectivity index (χ2n) is 1.82. The molecule has 0 aromatic carbocycles. The first kappa shape index (κ1) is 8.48. The van der Waals surface area contributed by atoms with Gasteiger partial charge in [0.25, 0.3) is 0 Å². The average Bonchev–Trinajstić information content (AvgIpc) is 1.94. The van der Waals surface area contributed by atoms with E-state index >= 15 is 0 Å². The molecule has 0 bridgehead atoms. The van der Waals surface area contributed by atoms with Crippen molar-refractivity contribution in [2.75, 3.05) is 0 Å². The second-order valence-corrected chi connectivity index (χ2v) is 1.82. The van der Waals surface area contributed by atoms with E-state index in [1.807, 2.05) is 19.9 Å². The largest absolute Gasteiger partial charge is 0.0811 e. The van der Waals surface area contributed by atoms with Crippen LogP contribution in [-0.4, -0.2) is 0 Å². The Hall–Kier alpha value is -0.520. The third-order valence-electron chi connectivity index (χ3n) is 1.05. The van der Waals surface area contributed by atoms with Crippen LogP contribution in [0, 0.1) is 12.3 Å². The lowest BCUT2D eigenvalue weighted by atomic mass is 10.0. The molecule has 0 fully saturated rings. The van der Waals surface area contributed by atoms with Crippen LogP contribution >= 0.6 is 0 Å². The van der Waals surface area contributed by atoms with Crippen LogP contribution in [0.5, 0.6) is 0 Å². The van der Waals surface area contributed by atoms with Gasteiger partial charge in [0.1, 0.15) is 0 Å². The van der Waals surface area contributed by atoms with Crippen molar-refractivity contribution >= 4 is 0 Å². The van der Waals surface area contributed by atoms with Crippen molar-refractivity contribution in [3.05, 3.63) is 30.7 Å². The molecule has 0 N–H and O–H groups in total. The molecule has 0 spiro atoms. The molecule has 1 atom stereocenters. The summed E-state index contributed by atoms with van der Waals surface area (Å²) in [6.07, 6.45) is 10.5. The zero-order chi connectivity index (χ0) is 7.11. The summed E-state index contributed by atoms with van der Waals surface area (Å²) in [5, 5.41) is 0. The predicted molar refractivity (Wildman–Crippen MR) is 44.2 cm³/mol. The molecule has 0 aliphatic heterocycles. The Bertz CT molecular complexity index is 103. The zero-order valence-electron chi connectivity index (χ0n) is 7.46. The predicted octanol–water partition coefficient (Wildman–Crippen LogP) is 3.09. The van der Waals surface area contributed by atoms with Crippen LogP contribution in [0.25, 0.3) is 0 Å². The van der Waals surface area contributed by atoms with Gasteiger partial charge in [-0.25, -0.2) is 0 Å². The maximum atomic E-state index is 2.17. The Labute approximate surface area is 59.8 Å². The molecule has 1 aliphatic carbocycles. The third kappa shape index (κ3) is 4.01. The van der Waals surface area contributed by atoms with Gasteiger partial charge in [-0.15, -0.1) is 0 Å². The smallest absolute Gasteiger partial charge is 0 e. The Kier molecular flexibility index (Phi) is 5.29. The minimum atomic E-state index is 0. The average molecular weight is 124 g/mol. The lowest BCUT2D eigenvalue weighted by Gasteiger charge is -2.01. The molecular formula is C9H16. The molecule has 0 amide bonds. The Morgan fingerprint density at radius 3 is 2.00 bits per heavy atom. The Morgan fingerprint density at radius 2 is 1.78 bits per heavy atom. The fourth-order valence-corrected chi connectivity index (χ4v) is 0.607. The molecule has 0 aromatic heterocycles. The standard InChI is InChI=1S/C7H9.C2H6.H/c1-7-5-3-2-4-6-7;1-2;/h2-7H,1H3;1-2H3;. The van der Waals surface area contributed by atoms with E-state index in [2.05, 4.69) is 31.6 Å². The van der Waals surface area contributed by atoms with Crippen LogP contribution in [0.1, 0.15) is 22.2 Å². The molecule has 0 heteroatoms. The summed E-state index contributed by atoms with van der Waals surface area (Å²) < 4.78 is 0. The quantitative estimate of drug-likeness (QED) is 0.465. The Balaban J connectivity index is 0. The molecular weight excluding hydrogens is 108 g/mol. The van der Waals surface area contributed by atoms with Gasteiger partial charge in [-0.2, -0.15) is 0 Å². The van der Waals surface area contributed by atoms with E-state index in [-0.39, 0.29) is 1.43 Å². The maximum Gasteiger partial charge on any atom is 0 e. The van der Waals surface area contributed by atoms with Crippen LogP contribution in [0.3, 0.4) is 0 Å².